The van der Waals surface area contributed by atoms with E-state index in [1.165, 1.54) is 6.42 Å². The van der Waals surface area contributed by atoms with Gasteiger partial charge < -0.3 is 0 Å². The molecule has 0 radical (unpaired) electrons. The van der Waals surface area contributed by atoms with Crippen molar-refractivity contribution in [2.45, 2.75) is 13.0 Å². The summed E-state index contributed by atoms with van der Waals surface area (Å²) in [6.07, 6.45) is 7.90. The van der Waals surface area contributed by atoms with Crippen LogP contribution in [0.5, 0.6) is 0 Å². The minimum atomic E-state index is 0. The summed E-state index contributed by atoms with van der Waals surface area (Å²) < 4.78 is 0. The van der Waals surface area contributed by atoms with Crippen LogP contribution in [0.15, 0.2) is 23.4 Å². The van der Waals surface area contributed by atoms with Crippen LogP contribution in [-0.4, -0.2) is 39.1 Å². The van der Waals surface area contributed by atoms with Gasteiger partial charge in [-0.15, -0.1) is 0 Å². The van der Waals surface area contributed by atoms with Gasteiger partial charge >= 0.3 is 29.6 Å². The average molecular weight is 134 g/mol. The van der Waals surface area contributed by atoms with Crippen LogP contribution in [0.3, 0.4) is 0 Å². The van der Waals surface area contributed by atoms with E-state index in [-0.39, 0.29) is 39.1 Å². The van der Waals surface area contributed by atoms with Crippen LogP contribution in [0.2, 0.25) is 6.55 Å². The Bertz CT molecular complexity index is 116. The van der Waals surface area contributed by atoms with Gasteiger partial charge in [-0.25, -0.2) is 0 Å². The molecule has 0 aromatic rings. The molecule has 0 aromatic heterocycles. The zero-order valence-electron chi connectivity index (χ0n) is 4.65. The van der Waals surface area contributed by atoms with Gasteiger partial charge in [-0.05, 0) is 6.42 Å². The SMILES string of the molecule is C[SiH2]C1=CC=CC1.[NaH]. The molecule has 0 nitrogen and oxygen atoms in total. The Labute approximate surface area is 75.2 Å². The number of allylic oxidation sites excluding steroid dienone is 4. The molecule has 0 unspecified atom stereocenters. The molecule has 0 aliphatic heterocycles. The topological polar surface area (TPSA) is 0 Å². The van der Waals surface area contributed by atoms with Gasteiger partial charge in [0, 0.05) is 9.52 Å². The molecule has 0 saturated carbocycles. The maximum absolute atomic E-state index is 2.33. The van der Waals surface area contributed by atoms with Gasteiger partial charge in [0.25, 0.3) is 0 Å². The van der Waals surface area contributed by atoms with Crippen LogP contribution in [0.1, 0.15) is 6.42 Å². The molecule has 0 spiro atoms. The summed E-state index contributed by atoms with van der Waals surface area (Å²) in [4.78, 5) is 0. The number of hydrogen-bond donors (Lipinski definition) is 0. The second-order valence-electron chi connectivity index (χ2n) is 1.81. The summed E-state index contributed by atoms with van der Waals surface area (Å²) in [6, 6.07) is 0. The molecular formula is C6H11NaSi. The van der Waals surface area contributed by atoms with E-state index in [2.05, 4.69) is 24.8 Å². The van der Waals surface area contributed by atoms with Crippen LogP contribution < -0.4 is 0 Å². The van der Waals surface area contributed by atoms with Gasteiger partial charge in [0.15, 0.2) is 0 Å². The molecule has 1 aliphatic rings. The third-order valence-corrected chi connectivity index (χ3v) is 2.73. The summed E-state index contributed by atoms with van der Waals surface area (Å²) in [7, 11) is 0.189. The van der Waals surface area contributed by atoms with E-state index in [0.29, 0.717) is 0 Å². The fourth-order valence-electron chi connectivity index (χ4n) is 0.754. The monoisotopic (exact) mass is 134 g/mol. The molecule has 0 saturated heterocycles. The van der Waals surface area contributed by atoms with E-state index in [1.54, 1.807) is 5.20 Å². The summed E-state index contributed by atoms with van der Waals surface area (Å²) in [5.74, 6) is 0. The third-order valence-electron chi connectivity index (χ3n) is 1.30. The summed E-state index contributed by atoms with van der Waals surface area (Å²) >= 11 is 0. The van der Waals surface area contributed by atoms with Crippen LogP contribution >= 0.6 is 0 Å². The van der Waals surface area contributed by atoms with Crippen molar-refractivity contribution < 1.29 is 0 Å². The van der Waals surface area contributed by atoms with E-state index in [0.717, 1.165) is 0 Å². The van der Waals surface area contributed by atoms with Crippen molar-refractivity contribution >= 4 is 39.1 Å². The fourth-order valence-corrected chi connectivity index (χ4v) is 1.58. The van der Waals surface area contributed by atoms with Gasteiger partial charge in [-0.3, -0.25) is 0 Å². The zero-order valence-corrected chi connectivity index (χ0v) is 6.06. The third kappa shape index (κ3) is 2.31. The molecule has 0 aromatic carbocycles. The van der Waals surface area contributed by atoms with E-state index >= 15 is 0 Å². The van der Waals surface area contributed by atoms with Crippen molar-refractivity contribution in [3.63, 3.8) is 0 Å². The molecule has 0 amide bonds. The second kappa shape index (κ2) is 4.56. The second-order valence-corrected chi connectivity index (χ2v) is 3.43. The van der Waals surface area contributed by atoms with E-state index in [4.69, 9.17) is 0 Å². The van der Waals surface area contributed by atoms with Crippen molar-refractivity contribution in [3.8, 4) is 0 Å². The van der Waals surface area contributed by atoms with Crippen molar-refractivity contribution in [1.29, 1.82) is 0 Å². The van der Waals surface area contributed by atoms with Crippen LogP contribution in [0, 0.1) is 0 Å². The van der Waals surface area contributed by atoms with Gasteiger partial charge in [-0.2, -0.15) is 0 Å². The molecule has 40 valence electrons. The molecule has 1 aliphatic carbocycles. The zero-order chi connectivity index (χ0) is 5.11. The standard InChI is InChI=1S/C6H10Si.Na.H/c1-7-6-4-2-3-5-6;;/h2-4H,5,7H2,1H3;;. The summed E-state index contributed by atoms with van der Waals surface area (Å²) in [5, 5.41) is 1.69. The van der Waals surface area contributed by atoms with Crippen LogP contribution in [0.25, 0.3) is 0 Å². The molecule has 0 atom stereocenters. The molecule has 0 bridgehead atoms. The fraction of sp³-hybridized carbons (Fsp3) is 0.333. The predicted octanol–water partition coefficient (Wildman–Crippen LogP) is 0.399. The number of hydrogen-bond acceptors (Lipinski definition) is 0. The van der Waals surface area contributed by atoms with Crippen LogP contribution in [-0.2, 0) is 0 Å². The van der Waals surface area contributed by atoms with Crippen molar-refractivity contribution in [2.75, 3.05) is 0 Å². The van der Waals surface area contributed by atoms with E-state index < -0.39 is 0 Å². The Kier molecular flexibility index (Phi) is 4.96. The van der Waals surface area contributed by atoms with Gasteiger partial charge in [0.2, 0.25) is 0 Å². The first-order valence-corrected chi connectivity index (χ1v) is 4.90. The Morgan fingerprint density at radius 3 is 2.62 bits per heavy atom. The van der Waals surface area contributed by atoms with Crippen LogP contribution in [0.4, 0.5) is 0 Å². The maximum atomic E-state index is 2.33. The summed E-state index contributed by atoms with van der Waals surface area (Å²) in [5.41, 5.74) is 0. The first kappa shape index (κ1) is 8.70. The molecule has 0 heterocycles. The van der Waals surface area contributed by atoms with Gasteiger partial charge in [-0.1, -0.05) is 30.0 Å². The first-order chi connectivity index (χ1) is 3.43. The average Bonchev–Trinajstić information content (AvgIpc) is 2.14. The van der Waals surface area contributed by atoms with Gasteiger partial charge in [0.1, 0.15) is 0 Å². The van der Waals surface area contributed by atoms with E-state index in [9.17, 15) is 0 Å². The number of rotatable bonds is 1. The Balaban J connectivity index is 0.000000490. The molecule has 8 heavy (non-hydrogen) atoms. The molecule has 2 heteroatoms. The Morgan fingerprint density at radius 2 is 2.38 bits per heavy atom. The molecule has 0 fully saturated rings. The first-order valence-electron chi connectivity index (χ1n) is 2.78. The Morgan fingerprint density at radius 1 is 1.62 bits per heavy atom. The minimum absolute atomic E-state index is 0. The molecular weight excluding hydrogens is 123 g/mol. The quantitative estimate of drug-likeness (QED) is 0.455. The molecule has 0 N–H and O–H groups in total. The van der Waals surface area contributed by atoms with Crippen molar-refractivity contribution in [1.82, 2.24) is 0 Å². The Hall–Kier alpha value is 0.697. The normalized spacial score (nSPS) is 16.9. The van der Waals surface area contributed by atoms with Crippen molar-refractivity contribution in [3.05, 3.63) is 23.4 Å². The predicted molar refractivity (Wildman–Crippen MR) is 43.4 cm³/mol. The van der Waals surface area contributed by atoms with Crippen molar-refractivity contribution in [2.24, 2.45) is 0 Å². The summed E-state index contributed by atoms with van der Waals surface area (Å²) in [6.45, 7) is 2.33. The van der Waals surface area contributed by atoms with E-state index in [1.807, 2.05) is 0 Å². The molecule has 1 rings (SSSR count). The van der Waals surface area contributed by atoms with Gasteiger partial charge in [0.05, 0.1) is 0 Å².